The second kappa shape index (κ2) is 9.80. The number of allylic oxidation sites excluding steroid dienone is 1. The molecule has 2 aliphatic rings. The molecule has 2 atom stereocenters. The summed E-state index contributed by atoms with van der Waals surface area (Å²) in [6.07, 6.45) is 4.53. The summed E-state index contributed by atoms with van der Waals surface area (Å²) in [4.78, 5) is 13.4. The Labute approximate surface area is 211 Å². The summed E-state index contributed by atoms with van der Waals surface area (Å²) in [6.45, 7) is 0. The molecule has 0 bridgehead atoms. The molecule has 4 nitrogen and oxygen atoms in total. The van der Waals surface area contributed by atoms with Crippen molar-refractivity contribution in [2.45, 2.75) is 25.3 Å². The molecule has 0 aromatic heterocycles. The maximum absolute atomic E-state index is 13.7. The van der Waals surface area contributed by atoms with Crippen LogP contribution >= 0.6 is 23.2 Å². The molecule has 35 heavy (non-hydrogen) atoms. The zero-order valence-corrected chi connectivity index (χ0v) is 20.0. The fourth-order valence-electron chi connectivity index (χ4n) is 4.68. The molecule has 3 aromatic carbocycles. The molecule has 0 radical (unpaired) electrons. The Hall–Kier alpha value is -3.22. The van der Waals surface area contributed by atoms with Crippen LogP contribution in [-0.2, 0) is 0 Å². The minimum atomic E-state index is -0.430. The molecule has 3 aromatic rings. The van der Waals surface area contributed by atoms with Crippen molar-refractivity contribution in [3.8, 4) is 0 Å². The third-order valence-electron chi connectivity index (χ3n) is 6.30. The van der Waals surface area contributed by atoms with Crippen LogP contribution in [0, 0.1) is 17.6 Å². The second-order valence-corrected chi connectivity index (χ2v) is 9.42. The highest BCUT2D eigenvalue weighted by molar-refractivity contribution is 6.42. The van der Waals surface area contributed by atoms with Crippen molar-refractivity contribution in [3.63, 3.8) is 0 Å². The largest absolute Gasteiger partial charge is 0.342 e. The smallest absolute Gasteiger partial charge is 0.306 e. The Kier molecular flexibility index (Phi) is 6.58. The maximum Gasteiger partial charge on any atom is 0.342 e. The van der Waals surface area contributed by atoms with Crippen LogP contribution in [0.25, 0.3) is 6.08 Å². The summed E-state index contributed by atoms with van der Waals surface area (Å²) in [5.74, 6) is -0.700. The van der Waals surface area contributed by atoms with E-state index in [1.54, 1.807) is 42.5 Å². The first-order valence-electron chi connectivity index (χ1n) is 11.2. The van der Waals surface area contributed by atoms with Crippen LogP contribution in [0.4, 0.5) is 19.3 Å². The summed E-state index contributed by atoms with van der Waals surface area (Å²) < 4.78 is 27.0. The minimum absolute atomic E-state index is 0.0551. The lowest BCUT2D eigenvalue weighted by molar-refractivity contribution is 0.188. The van der Waals surface area contributed by atoms with E-state index in [0.717, 1.165) is 41.7 Å². The Bertz CT molecular complexity index is 1320. The molecule has 1 heterocycles. The third kappa shape index (κ3) is 4.95. The van der Waals surface area contributed by atoms with Crippen LogP contribution in [0.3, 0.4) is 0 Å². The molecule has 8 heteroatoms. The van der Waals surface area contributed by atoms with Crippen molar-refractivity contribution in [2.24, 2.45) is 11.0 Å². The summed E-state index contributed by atoms with van der Waals surface area (Å²) in [5.41, 5.74) is 3.97. The average Bonchev–Trinajstić information content (AvgIpc) is 3.24. The van der Waals surface area contributed by atoms with Gasteiger partial charge in [0, 0.05) is 11.6 Å². The number of nitrogens with zero attached hydrogens (tertiary/aromatic N) is 2. The highest BCUT2D eigenvalue weighted by atomic mass is 35.5. The third-order valence-corrected chi connectivity index (χ3v) is 7.04. The monoisotopic (exact) mass is 511 g/mol. The van der Waals surface area contributed by atoms with Gasteiger partial charge in [0.1, 0.15) is 11.6 Å². The van der Waals surface area contributed by atoms with Gasteiger partial charge >= 0.3 is 6.03 Å². The number of urea groups is 1. The van der Waals surface area contributed by atoms with E-state index in [9.17, 15) is 13.6 Å². The summed E-state index contributed by atoms with van der Waals surface area (Å²) in [6, 6.07) is 16.4. The highest BCUT2D eigenvalue weighted by Crippen LogP contribution is 2.44. The fourth-order valence-corrected chi connectivity index (χ4v) is 4.97. The number of fused-ring (bicyclic) bond motifs is 1. The number of hydrogen-bond acceptors (Lipinski definition) is 2. The highest BCUT2D eigenvalue weighted by Gasteiger charge is 2.43. The molecule has 0 spiro atoms. The Balaban J connectivity index is 1.51. The molecule has 2 amide bonds. The predicted molar refractivity (Wildman–Crippen MR) is 136 cm³/mol. The number of carbonyl (C=O) groups is 1. The van der Waals surface area contributed by atoms with E-state index in [2.05, 4.69) is 5.32 Å². The van der Waals surface area contributed by atoms with E-state index in [-0.39, 0.29) is 17.6 Å². The van der Waals surface area contributed by atoms with Gasteiger partial charge in [-0.2, -0.15) is 5.10 Å². The second-order valence-electron chi connectivity index (χ2n) is 8.61. The van der Waals surface area contributed by atoms with Crippen molar-refractivity contribution < 1.29 is 13.6 Å². The quantitative estimate of drug-likeness (QED) is 0.379. The first-order chi connectivity index (χ1) is 16.9. The van der Waals surface area contributed by atoms with Gasteiger partial charge in [-0.25, -0.2) is 18.6 Å². The van der Waals surface area contributed by atoms with Gasteiger partial charge in [-0.1, -0.05) is 47.5 Å². The molecular formula is C27H21Cl2F2N3O. The number of rotatable bonds is 3. The van der Waals surface area contributed by atoms with Crippen molar-refractivity contribution >= 4 is 46.7 Å². The van der Waals surface area contributed by atoms with E-state index in [0.29, 0.717) is 15.7 Å². The van der Waals surface area contributed by atoms with Crippen LogP contribution in [0.5, 0.6) is 0 Å². The molecule has 1 saturated carbocycles. The van der Waals surface area contributed by atoms with Crippen LogP contribution in [-0.4, -0.2) is 16.8 Å². The van der Waals surface area contributed by atoms with Gasteiger partial charge < -0.3 is 5.32 Å². The van der Waals surface area contributed by atoms with Crippen molar-refractivity contribution in [3.05, 3.63) is 105 Å². The van der Waals surface area contributed by atoms with E-state index < -0.39 is 12.1 Å². The number of nitrogens with one attached hydrogen (secondary N) is 1. The number of anilines is 1. The average molecular weight is 512 g/mol. The number of hydrogen-bond donors (Lipinski definition) is 1. The SMILES string of the molecule is O=C(Nc1ccc(Cl)c(Cl)c1)N1N=C2/C(=C\c3ccc(F)cc3)CCC[C@@H]2[C@@H]1c1ccc(F)cc1. The van der Waals surface area contributed by atoms with E-state index in [1.807, 2.05) is 6.08 Å². The van der Waals surface area contributed by atoms with Crippen molar-refractivity contribution in [1.29, 1.82) is 0 Å². The molecule has 1 aliphatic heterocycles. The normalized spacial score (nSPS) is 20.5. The number of amides is 2. The van der Waals surface area contributed by atoms with Gasteiger partial charge in [-0.15, -0.1) is 0 Å². The predicted octanol–water partition coefficient (Wildman–Crippen LogP) is 8.10. The Morgan fingerprint density at radius 2 is 1.66 bits per heavy atom. The number of carbonyl (C=O) groups excluding carboxylic acids is 1. The molecule has 0 unspecified atom stereocenters. The van der Waals surface area contributed by atoms with Gasteiger partial charge in [0.05, 0.1) is 21.8 Å². The van der Waals surface area contributed by atoms with Crippen LogP contribution in [0.1, 0.15) is 36.4 Å². The van der Waals surface area contributed by atoms with Gasteiger partial charge in [-0.05, 0) is 84.5 Å². The number of benzene rings is 3. The van der Waals surface area contributed by atoms with E-state index in [1.165, 1.54) is 29.3 Å². The molecule has 1 fully saturated rings. The topological polar surface area (TPSA) is 44.7 Å². The standard InChI is InChI=1S/C27H21Cl2F2N3O/c28-23-13-12-21(15-24(23)29)32-27(35)34-26(17-6-10-20(31)11-7-17)22-3-1-2-18(25(22)33-34)14-16-4-8-19(30)9-5-16/h4-15,22,26H,1-3H2,(H,32,35)/b18-14-/t22-,26-/m0/s1. The number of hydrazone groups is 1. The van der Waals surface area contributed by atoms with Crippen LogP contribution in [0.15, 0.2) is 77.4 Å². The fraction of sp³-hybridized carbons (Fsp3) is 0.185. The first kappa shape index (κ1) is 23.5. The molecule has 5 rings (SSSR count). The van der Waals surface area contributed by atoms with Crippen molar-refractivity contribution in [2.75, 3.05) is 5.32 Å². The lowest BCUT2D eigenvalue weighted by Crippen LogP contribution is -2.34. The first-order valence-corrected chi connectivity index (χ1v) is 12.0. The zero-order valence-electron chi connectivity index (χ0n) is 18.5. The van der Waals surface area contributed by atoms with Gasteiger partial charge in [0.15, 0.2) is 0 Å². The summed E-state index contributed by atoms with van der Waals surface area (Å²) in [7, 11) is 0. The molecule has 1 aliphatic carbocycles. The minimum Gasteiger partial charge on any atom is -0.306 e. The van der Waals surface area contributed by atoms with Gasteiger partial charge in [-0.3, -0.25) is 0 Å². The summed E-state index contributed by atoms with van der Waals surface area (Å²) in [5, 5.41) is 9.75. The van der Waals surface area contributed by atoms with Crippen LogP contribution < -0.4 is 5.32 Å². The zero-order chi connectivity index (χ0) is 24.5. The Morgan fingerprint density at radius 1 is 0.971 bits per heavy atom. The van der Waals surface area contributed by atoms with E-state index in [4.69, 9.17) is 28.3 Å². The van der Waals surface area contributed by atoms with Gasteiger partial charge in [0.2, 0.25) is 0 Å². The summed E-state index contributed by atoms with van der Waals surface area (Å²) >= 11 is 12.1. The van der Waals surface area contributed by atoms with Crippen LogP contribution in [0.2, 0.25) is 10.0 Å². The van der Waals surface area contributed by atoms with E-state index >= 15 is 0 Å². The van der Waals surface area contributed by atoms with Crippen molar-refractivity contribution in [1.82, 2.24) is 5.01 Å². The van der Waals surface area contributed by atoms with Gasteiger partial charge in [0.25, 0.3) is 0 Å². The molecular weight excluding hydrogens is 491 g/mol. The molecule has 178 valence electrons. The Morgan fingerprint density at radius 3 is 2.34 bits per heavy atom. The molecule has 0 saturated heterocycles. The maximum atomic E-state index is 13.7. The molecule has 1 N–H and O–H groups in total. The lowest BCUT2D eigenvalue weighted by atomic mass is 9.77. The lowest BCUT2D eigenvalue weighted by Gasteiger charge is -2.29. The number of halogens is 4.